The number of nitrogens with zero attached hydrogens (tertiary/aromatic N) is 1. The number of benzene rings is 2. The summed E-state index contributed by atoms with van der Waals surface area (Å²) in [5, 5.41) is 6.58. The van der Waals surface area contributed by atoms with Gasteiger partial charge >= 0.3 is 0 Å². The lowest BCUT2D eigenvalue weighted by Crippen LogP contribution is -2.30. The molecule has 27 heavy (non-hydrogen) atoms. The highest BCUT2D eigenvalue weighted by atomic mass is 127. The SMILES string of the molecule is CCNC(=NCc1ccccc1OC)Nc1ccc2c(c1)OCCCO2.I. The van der Waals surface area contributed by atoms with Crippen molar-refractivity contribution in [2.24, 2.45) is 4.99 Å². The lowest BCUT2D eigenvalue weighted by atomic mass is 10.2. The summed E-state index contributed by atoms with van der Waals surface area (Å²) in [5.74, 6) is 3.08. The summed E-state index contributed by atoms with van der Waals surface area (Å²) < 4.78 is 16.8. The maximum absolute atomic E-state index is 5.75. The maximum atomic E-state index is 5.75. The zero-order chi connectivity index (χ0) is 18.2. The number of rotatable bonds is 5. The molecule has 6 nitrogen and oxygen atoms in total. The molecule has 0 aromatic heterocycles. The quantitative estimate of drug-likeness (QED) is 0.382. The van der Waals surface area contributed by atoms with Gasteiger partial charge in [-0.05, 0) is 25.1 Å². The van der Waals surface area contributed by atoms with Crippen molar-refractivity contribution in [1.82, 2.24) is 5.32 Å². The molecule has 0 spiro atoms. The zero-order valence-electron chi connectivity index (χ0n) is 15.7. The summed E-state index contributed by atoms with van der Waals surface area (Å²) in [6, 6.07) is 13.7. The Bertz CT molecular complexity index is 768. The molecule has 0 unspecified atom stereocenters. The van der Waals surface area contributed by atoms with E-state index in [1.807, 2.05) is 49.4 Å². The average molecular weight is 483 g/mol. The van der Waals surface area contributed by atoms with Crippen molar-refractivity contribution in [2.45, 2.75) is 19.9 Å². The molecule has 0 amide bonds. The van der Waals surface area contributed by atoms with Crippen molar-refractivity contribution >= 4 is 35.6 Å². The Labute approximate surface area is 177 Å². The third-order valence-electron chi connectivity index (χ3n) is 3.95. The number of hydrogen-bond acceptors (Lipinski definition) is 4. The van der Waals surface area contributed by atoms with E-state index >= 15 is 0 Å². The van der Waals surface area contributed by atoms with Gasteiger partial charge in [-0.15, -0.1) is 24.0 Å². The zero-order valence-corrected chi connectivity index (χ0v) is 18.0. The fourth-order valence-electron chi connectivity index (χ4n) is 2.68. The molecule has 0 aliphatic carbocycles. The lowest BCUT2D eigenvalue weighted by molar-refractivity contribution is 0.297. The number of guanidine groups is 1. The molecule has 1 aliphatic heterocycles. The molecule has 0 saturated carbocycles. The first-order chi connectivity index (χ1) is 12.8. The van der Waals surface area contributed by atoms with Gasteiger partial charge in [0.15, 0.2) is 17.5 Å². The molecule has 2 aromatic carbocycles. The van der Waals surface area contributed by atoms with E-state index in [2.05, 4.69) is 15.6 Å². The Morgan fingerprint density at radius 3 is 2.67 bits per heavy atom. The third kappa shape index (κ3) is 5.92. The number of fused-ring (bicyclic) bond motifs is 1. The van der Waals surface area contributed by atoms with E-state index in [0.29, 0.717) is 25.7 Å². The Morgan fingerprint density at radius 2 is 1.89 bits per heavy atom. The van der Waals surface area contributed by atoms with Crippen LogP contribution in [0.15, 0.2) is 47.5 Å². The van der Waals surface area contributed by atoms with E-state index in [4.69, 9.17) is 14.2 Å². The van der Waals surface area contributed by atoms with Crippen LogP contribution in [0.2, 0.25) is 0 Å². The molecule has 0 atom stereocenters. The Kier molecular flexibility index (Phi) is 8.50. The second-order valence-electron chi connectivity index (χ2n) is 5.84. The minimum Gasteiger partial charge on any atom is -0.496 e. The minimum absolute atomic E-state index is 0. The predicted octanol–water partition coefficient (Wildman–Crippen LogP) is 4.05. The van der Waals surface area contributed by atoms with Crippen LogP contribution in [0.25, 0.3) is 0 Å². The summed E-state index contributed by atoms with van der Waals surface area (Å²) >= 11 is 0. The van der Waals surface area contributed by atoms with E-state index < -0.39 is 0 Å². The summed E-state index contributed by atoms with van der Waals surface area (Å²) in [7, 11) is 1.67. The van der Waals surface area contributed by atoms with Gasteiger partial charge in [-0.3, -0.25) is 0 Å². The van der Waals surface area contributed by atoms with Crippen molar-refractivity contribution in [2.75, 3.05) is 32.2 Å². The number of hydrogen-bond donors (Lipinski definition) is 2. The van der Waals surface area contributed by atoms with Gasteiger partial charge in [0.1, 0.15) is 5.75 Å². The Morgan fingerprint density at radius 1 is 1.11 bits per heavy atom. The van der Waals surface area contributed by atoms with Gasteiger partial charge < -0.3 is 24.8 Å². The van der Waals surface area contributed by atoms with Gasteiger partial charge in [-0.2, -0.15) is 0 Å². The van der Waals surface area contributed by atoms with Gasteiger partial charge in [-0.1, -0.05) is 18.2 Å². The van der Waals surface area contributed by atoms with Crippen LogP contribution in [0.3, 0.4) is 0 Å². The van der Waals surface area contributed by atoms with Gasteiger partial charge in [0.05, 0.1) is 26.9 Å². The van der Waals surface area contributed by atoms with Crippen molar-refractivity contribution in [3.05, 3.63) is 48.0 Å². The molecule has 0 fully saturated rings. The molecule has 1 aliphatic rings. The Hall–Kier alpha value is -2.16. The first kappa shape index (κ1) is 21.1. The number of anilines is 1. The summed E-state index contributed by atoms with van der Waals surface area (Å²) in [6.45, 7) is 4.67. The number of ether oxygens (including phenoxy) is 3. The average Bonchev–Trinajstić information content (AvgIpc) is 2.91. The highest BCUT2D eigenvalue weighted by Gasteiger charge is 2.11. The van der Waals surface area contributed by atoms with Crippen LogP contribution in [0.1, 0.15) is 18.9 Å². The monoisotopic (exact) mass is 483 g/mol. The molecule has 7 heteroatoms. The van der Waals surface area contributed by atoms with E-state index in [-0.39, 0.29) is 24.0 Å². The molecule has 0 bridgehead atoms. The smallest absolute Gasteiger partial charge is 0.196 e. The van der Waals surface area contributed by atoms with E-state index in [1.165, 1.54) is 0 Å². The molecular weight excluding hydrogens is 457 g/mol. The second-order valence-corrected chi connectivity index (χ2v) is 5.84. The van der Waals surface area contributed by atoms with Crippen LogP contribution in [0, 0.1) is 0 Å². The van der Waals surface area contributed by atoms with E-state index in [1.54, 1.807) is 7.11 Å². The fraction of sp³-hybridized carbons (Fsp3) is 0.350. The van der Waals surface area contributed by atoms with Crippen molar-refractivity contribution in [3.63, 3.8) is 0 Å². The largest absolute Gasteiger partial charge is 0.496 e. The van der Waals surface area contributed by atoms with Crippen LogP contribution < -0.4 is 24.8 Å². The van der Waals surface area contributed by atoms with Crippen LogP contribution in [0.5, 0.6) is 17.2 Å². The van der Waals surface area contributed by atoms with E-state index in [0.717, 1.165) is 41.5 Å². The van der Waals surface area contributed by atoms with Gasteiger partial charge in [-0.25, -0.2) is 4.99 Å². The van der Waals surface area contributed by atoms with Crippen LogP contribution in [-0.2, 0) is 6.54 Å². The van der Waals surface area contributed by atoms with E-state index in [9.17, 15) is 0 Å². The number of halogens is 1. The predicted molar refractivity (Wildman–Crippen MR) is 119 cm³/mol. The lowest BCUT2D eigenvalue weighted by Gasteiger charge is -2.14. The summed E-state index contributed by atoms with van der Waals surface area (Å²) in [4.78, 5) is 4.66. The number of methoxy groups -OCH3 is 1. The molecule has 2 aromatic rings. The first-order valence-electron chi connectivity index (χ1n) is 8.87. The molecule has 0 saturated heterocycles. The van der Waals surface area contributed by atoms with Crippen LogP contribution in [0.4, 0.5) is 5.69 Å². The van der Waals surface area contributed by atoms with Crippen LogP contribution in [-0.4, -0.2) is 32.8 Å². The minimum atomic E-state index is 0. The number of para-hydroxylation sites is 1. The molecule has 146 valence electrons. The third-order valence-corrected chi connectivity index (χ3v) is 3.95. The highest BCUT2D eigenvalue weighted by Crippen LogP contribution is 2.32. The topological polar surface area (TPSA) is 64.1 Å². The summed E-state index contributed by atoms with van der Waals surface area (Å²) in [6.07, 6.45) is 0.889. The molecular formula is C20H26IN3O3. The molecule has 3 rings (SSSR count). The fourth-order valence-corrected chi connectivity index (χ4v) is 2.68. The number of nitrogens with one attached hydrogen (secondary N) is 2. The normalized spacial score (nSPS) is 13.2. The van der Waals surface area contributed by atoms with Crippen molar-refractivity contribution in [1.29, 1.82) is 0 Å². The van der Waals surface area contributed by atoms with Gasteiger partial charge in [0.25, 0.3) is 0 Å². The summed E-state index contributed by atoms with van der Waals surface area (Å²) in [5.41, 5.74) is 1.93. The molecule has 1 heterocycles. The standard InChI is InChI=1S/C20H25N3O3.HI/c1-3-21-20(22-14-15-7-4-5-8-17(15)24-2)23-16-9-10-18-19(13-16)26-12-6-11-25-18;/h4-5,7-10,13H,3,6,11-12,14H2,1-2H3,(H2,21,22,23);1H. The Balaban J connectivity index is 0.00000261. The molecule has 0 radical (unpaired) electrons. The first-order valence-corrected chi connectivity index (χ1v) is 8.87. The second kappa shape index (κ2) is 10.9. The van der Waals surface area contributed by atoms with Crippen LogP contribution >= 0.6 is 24.0 Å². The number of aliphatic imine (C=N–C) groups is 1. The van der Waals surface area contributed by atoms with Crippen molar-refractivity contribution in [3.8, 4) is 17.2 Å². The van der Waals surface area contributed by atoms with Gasteiger partial charge in [0.2, 0.25) is 0 Å². The van der Waals surface area contributed by atoms with Crippen molar-refractivity contribution < 1.29 is 14.2 Å². The highest BCUT2D eigenvalue weighted by molar-refractivity contribution is 14.0. The maximum Gasteiger partial charge on any atom is 0.196 e. The molecule has 2 N–H and O–H groups in total. The van der Waals surface area contributed by atoms with Gasteiger partial charge in [0, 0.05) is 30.3 Å².